The molecule has 13 heteroatoms. The lowest BCUT2D eigenvalue weighted by molar-refractivity contribution is -0.142. The summed E-state index contributed by atoms with van der Waals surface area (Å²) >= 11 is 1.49. The maximum atomic E-state index is 13.2. The van der Waals surface area contributed by atoms with Gasteiger partial charge in [0.25, 0.3) is 0 Å². The molecule has 0 aliphatic rings. The second kappa shape index (κ2) is 15.0. The summed E-state index contributed by atoms with van der Waals surface area (Å²) < 4.78 is 0. The van der Waals surface area contributed by atoms with Crippen LogP contribution in [0.1, 0.15) is 31.5 Å². The Hall–Kier alpha value is -3.58. The maximum Gasteiger partial charge on any atom is 0.326 e. The SMILES string of the molecule is CSCCC(NC(=O)C(N)Cc1ccc(O)cc1)C(=O)NC(C(=O)NC(Cc1cnc[nH]1)C(=O)O)C(C)C. The van der Waals surface area contributed by atoms with Gasteiger partial charge in [-0.1, -0.05) is 26.0 Å². The zero-order chi connectivity index (χ0) is 28.2. The van der Waals surface area contributed by atoms with Crippen molar-refractivity contribution in [3.8, 4) is 5.75 Å². The summed E-state index contributed by atoms with van der Waals surface area (Å²) in [7, 11) is 0. The van der Waals surface area contributed by atoms with E-state index >= 15 is 0 Å². The Balaban J connectivity index is 2.07. The molecule has 0 radical (unpaired) electrons. The molecular formula is C25H36N6O6S. The van der Waals surface area contributed by atoms with Crippen molar-refractivity contribution in [2.24, 2.45) is 11.7 Å². The summed E-state index contributed by atoms with van der Waals surface area (Å²) in [6, 6.07) is 2.15. The molecule has 0 aliphatic carbocycles. The molecule has 8 N–H and O–H groups in total. The molecule has 1 aromatic heterocycles. The first-order chi connectivity index (χ1) is 18.0. The molecule has 0 bridgehead atoms. The number of carboxylic acids is 1. The summed E-state index contributed by atoms with van der Waals surface area (Å²) in [5.74, 6) is -2.69. The van der Waals surface area contributed by atoms with E-state index in [1.54, 1.807) is 26.0 Å². The first-order valence-electron chi connectivity index (χ1n) is 12.1. The number of phenolic OH excluding ortho intramolecular Hbond substituents is 1. The van der Waals surface area contributed by atoms with Crippen molar-refractivity contribution in [1.29, 1.82) is 0 Å². The minimum atomic E-state index is -1.23. The van der Waals surface area contributed by atoms with E-state index in [1.165, 1.54) is 36.4 Å². The van der Waals surface area contributed by atoms with Gasteiger partial charge in [-0.15, -0.1) is 0 Å². The van der Waals surface area contributed by atoms with Crippen LogP contribution in [-0.2, 0) is 32.0 Å². The van der Waals surface area contributed by atoms with Crippen LogP contribution in [0.2, 0.25) is 0 Å². The second-order valence-corrected chi connectivity index (χ2v) is 10.2. The van der Waals surface area contributed by atoms with Gasteiger partial charge in [-0.3, -0.25) is 14.4 Å². The predicted molar refractivity (Wildman–Crippen MR) is 143 cm³/mol. The molecule has 38 heavy (non-hydrogen) atoms. The maximum absolute atomic E-state index is 13.2. The monoisotopic (exact) mass is 548 g/mol. The third kappa shape index (κ3) is 9.71. The van der Waals surface area contributed by atoms with E-state index in [-0.39, 0.29) is 24.5 Å². The fourth-order valence-corrected chi connectivity index (χ4v) is 4.10. The highest BCUT2D eigenvalue weighted by Gasteiger charge is 2.32. The van der Waals surface area contributed by atoms with Crippen LogP contribution in [0.5, 0.6) is 5.75 Å². The number of hydrogen-bond donors (Lipinski definition) is 7. The summed E-state index contributed by atoms with van der Waals surface area (Å²) in [4.78, 5) is 57.4. The Bertz CT molecular complexity index is 1060. The summed E-state index contributed by atoms with van der Waals surface area (Å²) in [5.41, 5.74) is 7.34. The van der Waals surface area contributed by atoms with E-state index in [2.05, 4.69) is 25.9 Å². The smallest absolute Gasteiger partial charge is 0.326 e. The number of nitrogens with two attached hydrogens (primary N) is 1. The molecule has 4 atom stereocenters. The van der Waals surface area contributed by atoms with Gasteiger partial charge in [-0.2, -0.15) is 11.8 Å². The highest BCUT2D eigenvalue weighted by molar-refractivity contribution is 7.98. The van der Waals surface area contributed by atoms with Crippen molar-refractivity contribution in [3.05, 3.63) is 48.0 Å². The van der Waals surface area contributed by atoms with E-state index in [1.807, 2.05) is 6.26 Å². The quantitative estimate of drug-likeness (QED) is 0.162. The third-order valence-electron chi connectivity index (χ3n) is 5.81. The minimum Gasteiger partial charge on any atom is -0.508 e. The first-order valence-corrected chi connectivity index (χ1v) is 13.5. The molecule has 0 aliphatic heterocycles. The molecule has 0 saturated heterocycles. The molecule has 2 aromatic rings. The van der Waals surface area contributed by atoms with Crippen molar-refractivity contribution in [3.63, 3.8) is 0 Å². The van der Waals surface area contributed by atoms with Crippen LogP contribution in [-0.4, -0.2) is 80.0 Å². The van der Waals surface area contributed by atoms with Crippen LogP contribution in [0.3, 0.4) is 0 Å². The van der Waals surface area contributed by atoms with Crippen LogP contribution in [0.15, 0.2) is 36.8 Å². The van der Waals surface area contributed by atoms with E-state index in [4.69, 9.17) is 5.73 Å². The van der Waals surface area contributed by atoms with Crippen LogP contribution in [0, 0.1) is 5.92 Å². The number of rotatable bonds is 15. The Kier molecular flexibility index (Phi) is 12.1. The van der Waals surface area contributed by atoms with Crippen LogP contribution < -0.4 is 21.7 Å². The molecule has 208 valence electrons. The number of benzene rings is 1. The van der Waals surface area contributed by atoms with Gasteiger partial charge in [-0.25, -0.2) is 9.78 Å². The van der Waals surface area contributed by atoms with Gasteiger partial charge in [-0.05, 0) is 48.5 Å². The molecule has 3 amide bonds. The molecule has 12 nitrogen and oxygen atoms in total. The molecule has 4 unspecified atom stereocenters. The van der Waals surface area contributed by atoms with Crippen molar-refractivity contribution < 1.29 is 29.4 Å². The summed E-state index contributed by atoms with van der Waals surface area (Å²) in [5, 5.41) is 26.8. The van der Waals surface area contributed by atoms with E-state index in [0.29, 0.717) is 17.9 Å². The fraction of sp³-hybridized carbons (Fsp3) is 0.480. The van der Waals surface area contributed by atoms with E-state index in [9.17, 15) is 29.4 Å². The number of H-pyrrole nitrogens is 1. The lowest BCUT2D eigenvalue weighted by atomic mass is 10.0. The van der Waals surface area contributed by atoms with Gasteiger partial charge >= 0.3 is 5.97 Å². The number of aliphatic carboxylic acids is 1. The number of nitrogens with zero attached hydrogens (tertiary/aromatic N) is 1. The highest BCUT2D eigenvalue weighted by atomic mass is 32.2. The van der Waals surface area contributed by atoms with E-state index in [0.717, 1.165) is 5.56 Å². The zero-order valence-electron chi connectivity index (χ0n) is 21.6. The number of carbonyl (C=O) groups excluding carboxylic acids is 3. The molecule has 1 aromatic carbocycles. The number of hydrogen-bond acceptors (Lipinski definition) is 8. The van der Waals surface area contributed by atoms with Crippen molar-refractivity contribution in [2.45, 2.75) is 57.3 Å². The lowest BCUT2D eigenvalue weighted by Gasteiger charge is -2.27. The molecular weight excluding hydrogens is 512 g/mol. The van der Waals surface area contributed by atoms with Gasteiger partial charge < -0.3 is 36.9 Å². The lowest BCUT2D eigenvalue weighted by Crippen LogP contribution is -2.58. The number of carbonyl (C=O) groups is 4. The van der Waals surface area contributed by atoms with Crippen molar-refractivity contribution in [1.82, 2.24) is 25.9 Å². The Morgan fingerprint density at radius 3 is 2.21 bits per heavy atom. The van der Waals surface area contributed by atoms with Crippen LogP contribution >= 0.6 is 11.8 Å². The van der Waals surface area contributed by atoms with Crippen molar-refractivity contribution >= 4 is 35.5 Å². The Labute approximate surface area is 225 Å². The third-order valence-corrected chi connectivity index (χ3v) is 6.46. The van der Waals surface area contributed by atoms with Crippen molar-refractivity contribution in [2.75, 3.05) is 12.0 Å². The van der Waals surface area contributed by atoms with Gasteiger partial charge in [0.1, 0.15) is 23.9 Å². The second-order valence-electron chi connectivity index (χ2n) is 9.23. The van der Waals surface area contributed by atoms with Gasteiger partial charge in [0.15, 0.2) is 0 Å². The summed E-state index contributed by atoms with van der Waals surface area (Å²) in [6.07, 6.45) is 5.23. The highest BCUT2D eigenvalue weighted by Crippen LogP contribution is 2.12. The number of aromatic amines is 1. The molecule has 1 heterocycles. The Morgan fingerprint density at radius 1 is 1.00 bits per heavy atom. The summed E-state index contributed by atoms with van der Waals surface area (Å²) in [6.45, 7) is 3.44. The van der Waals surface area contributed by atoms with Gasteiger partial charge in [0.2, 0.25) is 17.7 Å². The van der Waals surface area contributed by atoms with Crippen LogP contribution in [0.25, 0.3) is 0 Å². The number of imidazole rings is 1. The molecule has 0 spiro atoms. The number of aromatic hydroxyl groups is 1. The average Bonchev–Trinajstić information content (AvgIpc) is 3.38. The number of aromatic nitrogens is 2. The van der Waals surface area contributed by atoms with Crippen LogP contribution in [0.4, 0.5) is 0 Å². The topological polar surface area (TPSA) is 200 Å². The normalized spacial score (nSPS) is 14.2. The molecule has 0 saturated carbocycles. The largest absolute Gasteiger partial charge is 0.508 e. The number of nitrogens with one attached hydrogen (secondary N) is 4. The Morgan fingerprint density at radius 2 is 1.66 bits per heavy atom. The first kappa shape index (κ1) is 30.6. The minimum absolute atomic E-state index is 0.00877. The number of thioether (sulfide) groups is 1. The van der Waals surface area contributed by atoms with Gasteiger partial charge in [0, 0.05) is 18.3 Å². The number of carboxylic acid groups (broad SMARTS) is 1. The fourth-order valence-electron chi connectivity index (χ4n) is 3.63. The molecule has 2 rings (SSSR count). The number of amides is 3. The zero-order valence-corrected chi connectivity index (χ0v) is 22.5. The molecule has 0 fully saturated rings. The standard InChI is InChI=1S/C25H36N6O6S/c1-14(2)21(24(35)30-20(25(36)37)11-16-12-27-13-28-16)31-23(34)19(8-9-38-3)29-22(33)18(26)10-15-4-6-17(32)7-5-15/h4-7,12-14,18-21,32H,8-11,26H2,1-3H3,(H,27,28)(H,29,33)(H,30,35)(H,31,34)(H,36,37). The van der Waals surface area contributed by atoms with Gasteiger partial charge in [0.05, 0.1) is 12.4 Å². The number of phenols is 1. The average molecular weight is 549 g/mol. The predicted octanol–water partition coefficient (Wildman–Crippen LogP) is 0.176. The van der Waals surface area contributed by atoms with E-state index < -0.39 is 47.9 Å².